The minimum Gasteiger partial charge on any atom is -0.390 e. The molecule has 136 valence electrons. The molecule has 26 heavy (non-hydrogen) atoms. The first-order valence-corrected chi connectivity index (χ1v) is 10.6. The van der Waals surface area contributed by atoms with Crippen molar-refractivity contribution < 1.29 is 9.84 Å². The van der Waals surface area contributed by atoms with Crippen molar-refractivity contribution in [2.45, 2.75) is 36.6 Å². The van der Waals surface area contributed by atoms with Gasteiger partial charge in [0.15, 0.2) is 5.16 Å². The number of hydrogen-bond acceptors (Lipinski definition) is 7. The van der Waals surface area contributed by atoms with Crippen molar-refractivity contribution in [3.63, 3.8) is 0 Å². The van der Waals surface area contributed by atoms with Crippen LogP contribution in [0.3, 0.4) is 0 Å². The van der Waals surface area contributed by atoms with Crippen LogP contribution in [0.2, 0.25) is 0 Å². The van der Waals surface area contributed by atoms with E-state index >= 15 is 0 Å². The minimum atomic E-state index is -0.571. The number of anilines is 1. The highest BCUT2D eigenvalue weighted by molar-refractivity contribution is 7.99. The molecule has 0 spiro atoms. The van der Waals surface area contributed by atoms with Crippen LogP contribution in [0.4, 0.5) is 5.82 Å². The number of ether oxygens (including phenoxy) is 1. The highest BCUT2D eigenvalue weighted by atomic mass is 32.2. The van der Waals surface area contributed by atoms with Crippen LogP contribution >= 0.6 is 23.1 Å². The Morgan fingerprint density at radius 2 is 2.19 bits per heavy atom. The summed E-state index contributed by atoms with van der Waals surface area (Å²) in [5.41, 5.74) is 8.59. The van der Waals surface area contributed by atoms with Crippen molar-refractivity contribution in [3.05, 3.63) is 46.8 Å². The van der Waals surface area contributed by atoms with Crippen LogP contribution in [-0.2, 0) is 11.2 Å². The van der Waals surface area contributed by atoms with E-state index in [2.05, 4.69) is 34.2 Å². The predicted octanol–water partition coefficient (Wildman–Crippen LogP) is 3.82. The maximum absolute atomic E-state index is 10.3. The lowest BCUT2D eigenvalue weighted by Crippen LogP contribution is -2.22. The predicted molar refractivity (Wildman–Crippen MR) is 107 cm³/mol. The first kappa shape index (κ1) is 17.7. The Morgan fingerprint density at radius 3 is 3.12 bits per heavy atom. The number of aryl methyl sites for hydroxylation is 1. The van der Waals surface area contributed by atoms with Gasteiger partial charge in [-0.3, -0.25) is 0 Å². The molecule has 7 heteroatoms. The molecule has 1 aliphatic carbocycles. The van der Waals surface area contributed by atoms with Crippen LogP contribution < -0.4 is 5.73 Å². The summed E-state index contributed by atoms with van der Waals surface area (Å²) in [5.74, 6) is 0.966. The highest BCUT2D eigenvalue weighted by Crippen LogP contribution is 2.32. The Labute approximate surface area is 160 Å². The average molecular weight is 388 g/mol. The zero-order valence-corrected chi connectivity index (χ0v) is 15.9. The van der Waals surface area contributed by atoms with E-state index in [0.29, 0.717) is 23.3 Å². The van der Waals surface area contributed by atoms with Crippen LogP contribution in [0.15, 0.2) is 40.9 Å². The molecule has 0 radical (unpaired) electrons. The number of nitrogen functional groups attached to an aromatic ring is 1. The van der Waals surface area contributed by atoms with Crippen molar-refractivity contribution in [3.8, 4) is 0 Å². The Bertz CT molecular complexity index is 899. The Hall–Kier alpha value is -1.67. The lowest BCUT2D eigenvalue weighted by Gasteiger charge is -2.26. The molecule has 2 aromatic heterocycles. The van der Waals surface area contributed by atoms with Crippen LogP contribution in [0.25, 0.3) is 10.2 Å². The van der Waals surface area contributed by atoms with Gasteiger partial charge < -0.3 is 15.6 Å². The van der Waals surface area contributed by atoms with Crippen LogP contribution in [-0.4, -0.2) is 33.5 Å². The van der Waals surface area contributed by atoms with Crippen molar-refractivity contribution in [2.75, 3.05) is 18.1 Å². The normalized spacial score (nSPS) is 18.0. The van der Waals surface area contributed by atoms with Gasteiger partial charge in [0.05, 0.1) is 24.2 Å². The molecule has 2 atom stereocenters. The Kier molecular flexibility index (Phi) is 5.40. The van der Waals surface area contributed by atoms with E-state index in [1.54, 1.807) is 11.3 Å². The largest absolute Gasteiger partial charge is 0.390 e. The van der Waals surface area contributed by atoms with Crippen LogP contribution in [0, 0.1) is 0 Å². The molecule has 0 unspecified atom stereocenters. The number of nitrogens with zero attached hydrogens (tertiary/aromatic N) is 2. The molecular formula is C19H21N3O2S2. The van der Waals surface area contributed by atoms with Gasteiger partial charge in [0, 0.05) is 5.75 Å². The number of benzene rings is 1. The summed E-state index contributed by atoms with van der Waals surface area (Å²) in [6, 6.07) is 10.3. The molecule has 3 aromatic rings. The fraction of sp³-hybridized carbons (Fsp3) is 0.368. The summed E-state index contributed by atoms with van der Waals surface area (Å²) in [4.78, 5) is 9.67. The second kappa shape index (κ2) is 7.92. The molecule has 1 aromatic carbocycles. The molecule has 3 N–H and O–H groups in total. The van der Waals surface area contributed by atoms with Gasteiger partial charge in [0.1, 0.15) is 10.6 Å². The molecule has 0 bridgehead atoms. The molecule has 4 rings (SSSR count). The fourth-order valence-corrected chi connectivity index (χ4v) is 4.84. The molecule has 0 saturated carbocycles. The average Bonchev–Trinajstić information content (AvgIpc) is 3.14. The van der Waals surface area contributed by atoms with Gasteiger partial charge in [-0.15, -0.1) is 11.3 Å². The summed E-state index contributed by atoms with van der Waals surface area (Å²) in [6.07, 6.45) is 2.75. The zero-order chi connectivity index (χ0) is 17.9. The number of aliphatic hydroxyl groups excluding tert-OH is 1. The fourth-order valence-electron chi connectivity index (χ4n) is 3.25. The SMILES string of the molecule is Nc1nc(SC[C@H](O)CO[C@@H]2CCCc3ccccc32)nc2sccc12. The molecular weight excluding hydrogens is 366 g/mol. The molecule has 0 saturated heterocycles. The molecule has 5 nitrogen and oxygen atoms in total. The second-order valence-electron chi connectivity index (χ2n) is 6.41. The number of thioether (sulfide) groups is 1. The summed E-state index contributed by atoms with van der Waals surface area (Å²) < 4.78 is 6.01. The summed E-state index contributed by atoms with van der Waals surface area (Å²) in [6.45, 7) is 0.308. The summed E-state index contributed by atoms with van der Waals surface area (Å²) in [5, 5.41) is 13.7. The van der Waals surface area contributed by atoms with Gasteiger partial charge in [-0.05, 0) is 41.8 Å². The van der Waals surface area contributed by atoms with E-state index in [1.807, 2.05) is 11.4 Å². The number of aromatic nitrogens is 2. The number of aliphatic hydroxyl groups is 1. The summed E-state index contributed by atoms with van der Waals surface area (Å²) >= 11 is 2.95. The first-order valence-electron chi connectivity index (χ1n) is 8.71. The molecule has 1 aliphatic rings. The van der Waals surface area contributed by atoms with Crippen molar-refractivity contribution in [1.82, 2.24) is 9.97 Å². The highest BCUT2D eigenvalue weighted by Gasteiger charge is 2.21. The van der Waals surface area contributed by atoms with Gasteiger partial charge in [-0.2, -0.15) is 0 Å². The number of fused-ring (bicyclic) bond motifs is 2. The quantitative estimate of drug-likeness (QED) is 0.494. The van der Waals surface area contributed by atoms with E-state index in [1.165, 1.54) is 22.9 Å². The molecule has 2 heterocycles. The van der Waals surface area contributed by atoms with Gasteiger partial charge in [0.2, 0.25) is 0 Å². The number of rotatable bonds is 6. The van der Waals surface area contributed by atoms with E-state index in [0.717, 1.165) is 29.5 Å². The maximum atomic E-state index is 10.3. The summed E-state index contributed by atoms with van der Waals surface area (Å²) in [7, 11) is 0. The van der Waals surface area contributed by atoms with E-state index in [4.69, 9.17) is 10.5 Å². The van der Waals surface area contributed by atoms with E-state index in [9.17, 15) is 5.11 Å². The Balaban J connectivity index is 1.32. The number of nitrogens with two attached hydrogens (primary N) is 1. The first-order chi connectivity index (χ1) is 12.7. The van der Waals surface area contributed by atoms with Crippen molar-refractivity contribution >= 4 is 39.1 Å². The van der Waals surface area contributed by atoms with E-state index in [-0.39, 0.29) is 6.10 Å². The third-order valence-corrected chi connectivity index (χ3v) is 6.34. The van der Waals surface area contributed by atoms with E-state index < -0.39 is 6.10 Å². The third-order valence-electron chi connectivity index (χ3n) is 4.54. The lowest BCUT2D eigenvalue weighted by atomic mass is 9.89. The van der Waals surface area contributed by atoms with Crippen LogP contribution in [0.1, 0.15) is 30.1 Å². The Morgan fingerprint density at radius 1 is 1.31 bits per heavy atom. The molecule has 0 amide bonds. The maximum Gasteiger partial charge on any atom is 0.190 e. The van der Waals surface area contributed by atoms with Gasteiger partial charge in [-0.25, -0.2) is 9.97 Å². The van der Waals surface area contributed by atoms with Crippen LogP contribution in [0.5, 0.6) is 0 Å². The third kappa shape index (κ3) is 3.86. The standard InChI is InChI=1S/C19H21N3O2S2/c20-17-15-8-9-25-18(15)22-19(21-17)26-11-13(23)10-24-16-7-3-5-12-4-1-2-6-14(12)16/h1-2,4,6,8-9,13,16,23H,3,5,7,10-11H2,(H2,20,21,22)/t13-,16-/m1/s1. The number of hydrogen-bond donors (Lipinski definition) is 2. The van der Waals surface area contributed by atoms with Gasteiger partial charge >= 0.3 is 0 Å². The molecule has 0 aliphatic heterocycles. The lowest BCUT2D eigenvalue weighted by molar-refractivity contribution is -0.00960. The van der Waals surface area contributed by atoms with Crippen molar-refractivity contribution in [2.24, 2.45) is 0 Å². The van der Waals surface area contributed by atoms with Gasteiger partial charge in [0.25, 0.3) is 0 Å². The molecule has 0 fully saturated rings. The topological polar surface area (TPSA) is 81.3 Å². The number of thiophene rings is 1. The second-order valence-corrected chi connectivity index (χ2v) is 8.29. The smallest absolute Gasteiger partial charge is 0.190 e. The monoisotopic (exact) mass is 387 g/mol. The minimum absolute atomic E-state index is 0.0777. The van der Waals surface area contributed by atoms with Gasteiger partial charge in [-0.1, -0.05) is 36.0 Å². The van der Waals surface area contributed by atoms with Crippen molar-refractivity contribution in [1.29, 1.82) is 0 Å². The zero-order valence-electron chi connectivity index (χ0n) is 14.3.